The van der Waals surface area contributed by atoms with E-state index >= 15 is 0 Å². The van der Waals surface area contributed by atoms with Crippen LogP contribution in [-0.4, -0.2) is 47.0 Å². The summed E-state index contributed by atoms with van der Waals surface area (Å²) in [6.07, 6.45) is 8.65. The molecule has 25 heavy (non-hydrogen) atoms. The first-order valence-electron chi connectivity index (χ1n) is 10.7. The van der Waals surface area contributed by atoms with E-state index in [9.17, 15) is 10.2 Å². The zero-order valence-corrected chi connectivity index (χ0v) is 15.6. The minimum absolute atomic E-state index is 0.118. The summed E-state index contributed by atoms with van der Waals surface area (Å²) in [4.78, 5) is 2.70. The monoisotopic (exact) mass is 343 g/mol. The summed E-state index contributed by atoms with van der Waals surface area (Å²) in [5.41, 5.74) is 2.36. The topological polar surface area (TPSA) is 43.7 Å². The Morgan fingerprint density at radius 1 is 1.28 bits per heavy atom. The molecule has 0 radical (unpaired) electrons. The number of hydrogen-bond acceptors (Lipinski definition) is 3. The Labute approximate surface area is 151 Å². The van der Waals surface area contributed by atoms with Crippen LogP contribution >= 0.6 is 0 Å². The van der Waals surface area contributed by atoms with E-state index < -0.39 is 0 Å². The van der Waals surface area contributed by atoms with Crippen molar-refractivity contribution in [2.75, 3.05) is 19.7 Å². The molecule has 0 amide bonds. The Morgan fingerprint density at radius 2 is 2.12 bits per heavy atom. The summed E-state index contributed by atoms with van der Waals surface area (Å²) in [5, 5.41) is 21.2. The number of hydrogen-bond donors (Lipinski definition) is 2. The average Bonchev–Trinajstić information content (AvgIpc) is 2.64. The normalized spacial score (nSPS) is 61.6. The fourth-order valence-electron chi connectivity index (χ4n) is 10.2. The van der Waals surface area contributed by atoms with E-state index in [1.807, 2.05) is 0 Å². The van der Waals surface area contributed by atoms with Crippen LogP contribution in [0.5, 0.6) is 0 Å². The lowest BCUT2D eigenvalue weighted by atomic mass is 9.39. The molecule has 6 bridgehead atoms. The van der Waals surface area contributed by atoms with Gasteiger partial charge in [0.2, 0.25) is 0 Å². The van der Waals surface area contributed by atoms with Crippen molar-refractivity contribution in [1.29, 1.82) is 0 Å². The fraction of sp³-hybridized carbons (Fsp3) is 0.909. The number of aliphatic hydroxyl groups excluding tert-OH is 2. The van der Waals surface area contributed by atoms with Crippen LogP contribution in [0.2, 0.25) is 0 Å². The van der Waals surface area contributed by atoms with Crippen LogP contribution in [0.25, 0.3) is 0 Å². The number of fused-ring (bicyclic) bond motifs is 1. The van der Waals surface area contributed by atoms with Gasteiger partial charge >= 0.3 is 0 Å². The van der Waals surface area contributed by atoms with Crippen LogP contribution in [-0.2, 0) is 0 Å². The third-order valence-corrected chi connectivity index (χ3v) is 10.2. The third kappa shape index (κ3) is 1.51. The minimum Gasteiger partial charge on any atom is -0.395 e. The third-order valence-electron chi connectivity index (χ3n) is 10.2. The Hall–Kier alpha value is -0.380. The Balaban J connectivity index is 1.59. The van der Waals surface area contributed by atoms with Gasteiger partial charge in [-0.15, -0.1) is 0 Å². The number of allylic oxidation sites excluding steroid dienone is 1. The molecule has 3 nitrogen and oxygen atoms in total. The number of nitrogens with zero attached hydrogens (tertiary/aromatic N) is 1. The zero-order chi connectivity index (χ0) is 17.2. The van der Waals surface area contributed by atoms with Gasteiger partial charge < -0.3 is 10.2 Å². The van der Waals surface area contributed by atoms with Gasteiger partial charge in [0.15, 0.2) is 0 Å². The lowest BCUT2D eigenvalue weighted by molar-refractivity contribution is -0.223. The second-order valence-corrected chi connectivity index (χ2v) is 10.9. The van der Waals surface area contributed by atoms with Crippen LogP contribution in [0, 0.1) is 39.9 Å². The maximum absolute atomic E-state index is 11.4. The number of β-amino-alcohol motifs (C(OH)–C–C–N with tert-alkyl or cyclic N) is 1. The number of piperidine rings is 1. The number of likely N-dealkylation sites (tertiary alicyclic amines) is 1. The summed E-state index contributed by atoms with van der Waals surface area (Å²) < 4.78 is 0. The lowest BCUT2D eigenvalue weighted by Crippen LogP contribution is -2.69. The van der Waals surface area contributed by atoms with Crippen molar-refractivity contribution in [2.24, 2.45) is 39.9 Å². The molecule has 7 aliphatic rings. The molecule has 1 aliphatic heterocycles. The van der Waals surface area contributed by atoms with Gasteiger partial charge in [0.1, 0.15) is 0 Å². The van der Waals surface area contributed by atoms with Crippen molar-refractivity contribution in [3.8, 4) is 0 Å². The molecule has 9 atom stereocenters. The Kier molecular flexibility index (Phi) is 2.84. The summed E-state index contributed by atoms with van der Waals surface area (Å²) in [6, 6.07) is 0.610. The van der Waals surface area contributed by atoms with Crippen molar-refractivity contribution in [2.45, 2.75) is 64.0 Å². The molecule has 0 aromatic rings. The minimum atomic E-state index is -0.118. The van der Waals surface area contributed by atoms with Crippen molar-refractivity contribution in [3.05, 3.63) is 12.2 Å². The quantitative estimate of drug-likeness (QED) is 0.758. The molecule has 6 saturated carbocycles. The van der Waals surface area contributed by atoms with Crippen LogP contribution in [0.15, 0.2) is 12.2 Å². The van der Waals surface area contributed by atoms with Crippen molar-refractivity contribution in [3.63, 3.8) is 0 Å². The maximum atomic E-state index is 11.4. The SMILES string of the molecule is C=C1CC23C[C@H](O)[C@H]4[C@@]5(C)CCC[C@@]46[C@@H]2C[C@H]1C[C@@H]3[C@H]6N(CCO)C5. The first kappa shape index (κ1) is 15.7. The Morgan fingerprint density at radius 3 is 2.92 bits per heavy atom. The molecule has 0 aromatic heterocycles. The van der Waals surface area contributed by atoms with Crippen LogP contribution in [0.3, 0.4) is 0 Å². The molecule has 2 spiro atoms. The van der Waals surface area contributed by atoms with Gasteiger partial charge in [-0.05, 0) is 78.4 Å². The molecular formula is C22H33NO2. The molecule has 7 rings (SSSR count). The predicted molar refractivity (Wildman–Crippen MR) is 96.8 cm³/mol. The van der Waals surface area contributed by atoms with Gasteiger partial charge in [0, 0.05) is 19.1 Å². The molecule has 1 saturated heterocycles. The smallest absolute Gasteiger partial charge is 0.0585 e. The molecule has 2 N–H and O–H groups in total. The highest BCUT2D eigenvalue weighted by Gasteiger charge is 2.81. The highest BCUT2D eigenvalue weighted by molar-refractivity contribution is 5.34. The van der Waals surface area contributed by atoms with Crippen LogP contribution in [0.4, 0.5) is 0 Å². The molecule has 138 valence electrons. The van der Waals surface area contributed by atoms with Crippen molar-refractivity contribution in [1.82, 2.24) is 4.90 Å². The van der Waals surface area contributed by atoms with Crippen LogP contribution < -0.4 is 0 Å². The molecule has 1 unspecified atom stereocenters. The molecule has 7 fully saturated rings. The van der Waals surface area contributed by atoms with Gasteiger partial charge in [0.05, 0.1) is 12.7 Å². The van der Waals surface area contributed by atoms with Crippen molar-refractivity contribution >= 4 is 0 Å². The first-order chi connectivity index (χ1) is 12.0. The van der Waals surface area contributed by atoms with Crippen molar-refractivity contribution < 1.29 is 10.2 Å². The second kappa shape index (κ2) is 4.54. The highest BCUT2D eigenvalue weighted by atomic mass is 16.3. The highest BCUT2D eigenvalue weighted by Crippen LogP contribution is 2.82. The van der Waals surface area contributed by atoms with Gasteiger partial charge in [-0.3, -0.25) is 4.90 Å². The van der Waals surface area contributed by atoms with E-state index in [1.54, 1.807) is 0 Å². The largest absolute Gasteiger partial charge is 0.395 e. The van der Waals surface area contributed by atoms with E-state index in [2.05, 4.69) is 18.4 Å². The molecule has 1 heterocycles. The molecule has 0 aromatic carbocycles. The average molecular weight is 344 g/mol. The number of rotatable bonds is 2. The van der Waals surface area contributed by atoms with E-state index in [0.717, 1.165) is 37.3 Å². The van der Waals surface area contributed by atoms with E-state index in [-0.39, 0.29) is 18.1 Å². The lowest BCUT2D eigenvalue weighted by Gasteiger charge is -2.68. The molecular weight excluding hydrogens is 310 g/mol. The van der Waals surface area contributed by atoms with Gasteiger partial charge in [-0.1, -0.05) is 25.5 Å². The van der Waals surface area contributed by atoms with Gasteiger partial charge in [-0.2, -0.15) is 0 Å². The van der Waals surface area contributed by atoms with E-state index in [1.165, 1.54) is 44.1 Å². The predicted octanol–water partition coefficient (Wildman–Crippen LogP) is 2.82. The molecule has 3 heteroatoms. The van der Waals surface area contributed by atoms with Gasteiger partial charge in [-0.25, -0.2) is 0 Å². The van der Waals surface area contributed by atoms with E-state index in [0.29, 0.717) is 22.8 Å². The van der Waals surface area contributed by atoms with Gasteiger partial charge in [0.25, 0.3) is 0 Å². The Bertz CT molecular complexity index is 648. The second-order valence-electron chi connectivity index (χ2n) is 10.9. The first-order valence-corrected chi connectivity index (χ1v) is 10.7. The summed E-state index contributed by atoms with van der Waals surface area (Å²) in [7, 11) is 0. The van der Waals surface area contributed by atoms with Crippen LogP contribution in [0.1, 0.15) is 51.9 Å². The summed E-state index contributed by atoms with van der Waals surface area (Å²) >= 11 is 0. The maximum Gasteiger partial charge on any atom is 0.0585 e. The summed E-state index contributed by atoms with van der Waals surface area (Å²) in [5.74, 6) is 2.75. The zero-order valence-electron chi connectivity index (χ0n) is 15.6. The standard InChI is InChI=1S/C22H33NO2/c1-13-10-21-11-16(25)18-20(2)4-3-5-22(18)17(21)9-14(13)8-15(21)19(22)23(12-20)6-7-24/h14-19,24-25H,1,3-12H2,2H3/t14-,15-,16+,17-,18+,19-,20+,21?,22-/m1/s1. The molecule has 6 aliphatic carbocycles. The summed E-state index contributed by atoms with van der Waals surface area (Å²) in [6.45, 7) is 9.11. The van der Waals surface area contributed by atoms with E-state index in [4.69, 9.17) is 0 Å². The fourth-order valence-corrected chi connectivity index (χ4v) is 10.2. The number of aliphatic hydroxyl groups is 2.